The van der Waals surface area contributed by atoms with Crippen LogP contribution in [0.15, 0.2) is 18.2 Å². The Morgan fingerprint density at radius 2 is 1.95 bits per heavy atom. The Hall–Kier alpha value is -1.23. The van der Waals surface area contributed by atoms with Crippen LogP contribution < -0.4 is 10.1 Å². The largest absolute Gasteiger partial charge is 0.493 e. The SMILES string of the molecule is CCCOc1ccc(CNC(C)C)cc1C(F)(F)F. The van der Waals surface area contributed by atoms with Crippen LogP contribution in [0.2, 0.25) is 0 Å². The summed E-state index contributed by atoms with van der Waals surface area (Å²) < 4.78 is 44.0. The van der Waals surface area contributed by atoms with Crippen molar-refractivity contribution < 1.29 is 17.9 Å². The maximum absolute atomic E-state index is 13.0. The van der Waals surface area contributed by atoms with Gasteiger partial charge in [0.15, 0.2) is 0 Å². The van der Waals surface area contributed by atoms with E-state index in [4.69, 9.17) is 4.74 Å². The third-order valence-corrected chi connectivity index (χ3v) is 2.53. The van der Waals surface area contributed by atoms with Crippen LogP contribution in [-0.2, 0) is 12.7 Å². The first-order chi connectivity index (χ1) is 8.84. The predicted molar refractivity (Wildman–Crippen MR) is 69.2 cm³/mol. The van der Waals surface area contributed by atoms with Crippen molar-refractivity contribution in [3.8, 4) is 5.75 Å². The number of benzene rings is 1. The Balaban J connectivity index is 2.95. The summed E-state index contributed by atoms with van der Waals surface area (Å²) in [6.45, 7) is 6.45. The lowest BCUT2D eigenvalue weighted by Gasteiger charge is -2.16. The topological polar surface area (TPSA) is 21.3 Å². The van der Waals surface area contributed by atoms with Crippen LogP contribution in [0.3, 0.4) is 0 Å². The maximum Gasteiger partial charge on any atom is 0.419 e. The lowest BCUT2D eigenvalue weighted by Crippen LogP contribution is -2.22. The van der Waals surface area contributed by atoms with Gasteiger partial charge in [-0.15, -0.1) is 0 Å². The normalized spacial score (nSPS) is 11.9. The van der Waals surface area contributed by atoms with Crippen LogP contribution in [-0.4, -0.2) is 12.6 Å². The van der Waals surface area contributed by atoms with Crippen LogP contribution >= 0.6 is 0 Å². The molecule has 108 valence electrons. The first-order valence-corrected chi connectivity index (χ1v) is 6.41. The minimum Gasteiger partial charge on any atom is -0.493 e. The van der Waals surface area contributed by atoms with Crippen molar-refractivity contribution in [1.82, 2.24) is 5.32 Å². The molecule has 19 heavy (non-hydrogen) atoms. The van der Waals surface area contributed by atoms with Crippen molar-refractivity contribution in [3.05, 3.63) is 29.3 Å². The molecule has 0 amide bonds. The zero-order valence-electron chi connectivity index (χ0n) is 11.5. The fourth-order valence-corrected chi connectivity index (χ4v) is 1.57. The van der Waals surface area contributed by atoms with Gasteiger partial charge in [-0.2, -0.15) is 13.2 Å². The van der Waals surface area contributed by atoms with Crippen LogP contribution in [0.25, 0.3) is 0 Å². The third-order valence-electron chi connectivity index (χ3n) is 2.53. The molecule has 0 aliphatic rings. The standard InChI is InChI=1S/C14H20F3NO/c1-4-7-19-13-6-5-11(9-18-10(2)3)8-12(13)14(15,16)17/h5-6,8,10,18H,4,7,9H2,1-3H3. The lowest BCUT2D eigenvalue weighted by molar-refractivity contribution is -0.139. The summed E-state index contributed by atoms with van der Waals surface area (Å²) in [5, 5.41) is 3.09. The second kappa shape index (κ2) is 6.80. The van der Waals surface area contributed by atoms with Crippen molar-refractivity contribution in [1.29, 1.82) is 0 Å². The predicted octanol–water partition coefficient (Wildman–Crippen LogP) is 3.99. The molecule has 0 atom stereocenters. The van der Waals surface area contributed by atoms with Crippen LogP contribution in [0, 0.1) is 0 Å². The molecule has 0 fully saturated rings. The van der Waals surface area contributed by atoms with E-state index in [-0.39, 0.29) is 18.4 Å². The van der Waals surface area contributed by atoms with Gasteiger partial charge < -0.3 is 10.1 Å². The van der Waals surface area contributed by atoms with E-state index >= 15 is 0 Å². The highest BCUT2D eigenvalue weighted by molar-refractivity contribution is 5.39. The average molecular weight is 275 g/mol. The van der Waals surface area contributed by atoms with Gasteiger partial charge in [0, 0.05) is 12.6 Å². The zero-order valence-corrected chi connectivity index (χ0v) is 11.5. The van der Waals surface area contributed by atoms with E-state index in [1.165, 1.54) is 6.07 Å². The number of halogens is 3. The van der Waals surface area contributed by atoms with Crippen molar-refractivity contribution in [3.63, 3.8) is 0 Å². The first-order valence-electron chi connectivity index (χ1n) is 6.41. The molecule has 0 radical (unpaired) electrons. The smallest absolute Gasteiger partial charge is 0.419 e. The fraction of sp³-hybridized carbons (Fsp3) is 0.571. The molecule has 0 bridgehead atoms. The van der Waals surface area contributed by atoms with E-state index in [1.807, 2.05) is 20.8 Å². The molecule has 0 saturated carbocycles. The summed E-state index contributed by atoms with van der Waals surface area (Å²) in [5.41, 5.74) is -0.103. The summed E-state index contributed by atoms with van der Waals surface area (Å²) in [4.78, 5) is 0. The van der Waals surface area contributed by atoms with E-state index in [0.29, 0.717) is 18.5 Å². The second-order valence-corrected chi connectivity index (χ2v) is 4.71. The molecular formula is C14H20F3NO. The molecule has 0 unspecified atom stereocenters. The molecule has 1 rings (SSSR count). The highest BCUT2D eigenvalue weighted by Crippen LogP contribution is 2.36. The first kappa shape index (κ1) is 15.8. The molecule has 0 aliphatic heterocycles. The van der Waals surface area contributed by atoms with Gasteiger partial charge in [-0.25, -0.2) is 0 Å². The van der Waals surface area contributed by atoms with Crippen LogP contribution in [0.5, 0.6) is 5.75 Å². The monoisotopic (exact) mass is 275 g/mol. The molecule has 0 saturated heterocycles. The Labute approximate surface area is 112 Å². The zero-order chi connectivity index (χ0) is 14.5. The fourth-order valence-electron chi connectivity index (χ4n) is 1.57. The van der Waals surface area contributed by atoms with Crippen molar-refractivity contribution in [2.45, 2.75) is 46.0 Å². The molecule has 0 spiro atoms. The average Bonchev–Trinajstić information content (AvgIpc) is 2.33. The maximum atomic E-state index is 13.0. The van der Waals surface area contributed by atoms with Gasteiger partial charge in [0.2, 0.25) is 0 Å². The van der Waals surface area contributed by atoms with E-state index in [2.05, 4.69) is 5.32 Å². The molecule has 5 heteroatoms. The van der Waals surface area contributed by atoms with E-state index in [0.717, 1.165) is 6.07 Å². The summed E-state index contributed by atoms with van der Waals surface area (Å²) in [5.74, 6) is -0.0948. The van der Waals surface area contributed by atoms with Gasteiger partial charge in [0.1, 0.15) is 5.75 Å². The van der Waals surface area contributed by atoms with E-state index < -0.39 is 11.7 Å². The number of hydrogen-bond donors (Lipinski definition) is 1. The lowest BCUT2D eigenvalue weighted by atomic mass is 10.1. The van der Waals surface area contributed by atoms with Crippen LogP contribution in [0.4, 0.5) is 13.2 Å². The van der Waals surface area contributed by atoms with E-state index in [9.17, 15) is 13.2 Å². The van der Waals surface area contributed by atoms with Crippen molar-refractivity contribution in [2.75, 3.05) is 6.61 Å². The summed E-state index contributed by atoms with van der Waals surface area (Å²) in [7, 11) is 0. The quantitative estimate of drug-likeness (QED) is 0.847. The molecular weight excluding hydrogens is 255 g/mol. The van der Waals surface area contributed by atoms with Crippen molar-refractivity contribution >= 4 is 0 Å². The highest BCUT2D eigenvalue weighted by Gasteiger charge is 2.34. The van der Waals surface area contributed by atoms with Gasteiger partial charge >= 0.3 is 6.18 Å². The molecule has 1 N–H and O–H groups in total. The number of rotatable bonds is 6. The molecule has 2 nitrogen and oxygen atoms in total. The van der Waals surface area contributed by atoms with Crippen molar-refractivity contribution in [2.24, 2.45) is 0 Å². The van der Waals surface area contributed by atoms with Gasteiger partial charge in [0.05, 0.1) is 12.2 Å². The number of alkyl halides is 3. The number of hydrogen-bond acceptors (Lipinski definition) is 2. The Morgan fingerprint density at radius 1 is 1.26 bits per heavy atom. The Kier molecular flexibility index (Phi) is 5.66. The third kappa shape index (κ3) is 5.11. The van der Waals surface area contributed by atoms with E-state index in [1.54, 1.807) is 6.07 Å². The minimum absolute atomic E-state index is 0.0948. The molecule has 1 aromatic rings. The van der Waals surface area contributed by atoms with Gasteiger partial charge in [-0.05, 0) is 24.1 Å². The summed E-state index contributed by atoms with van der Waals surface area (Å²) in [6, 6.07) is 4.44. The number of ether oxygens (including phenoxy) is 1. The minimum atomic E-state index is -4.39. The number of nitrogens with one attached hydrogen (secondary N) is 1. The van der Waals surface area contributed by atoms with Gasteiger partial charge in [0.25, 0.3) is 0 Å². The summed E-state index contributed by atoms with van der Waals surface area (Å²) in [6.07, 6.45) is -3.72. The molecule has 1 aromatic carbocycles. The van der Waals surface area contributed by atoms with Crippen LogP contribution in [0.1, 0.15) is 38.3 Å². The highest BCUT2D eigenvalue weighted by atomic mass is 19.4. The van der Waals surface area contributed by atoms with Gasteiger partial charge in [-0.3, -0.25) is 0 Å². The molecule has 0 aliphatic carbocycles. The Morgan fingerprint density at radius 3 is 2.47 bits per heavy atom. The molecule has 0 heterocycles. The molecule has 0 aromatic heterocycles. The Bertz CT molecular complexity index is 402. The second-order valence-electron chi connectivity index (χ2n) is 4.71. The van der Waals surface area contributed by atoms with Gasteiger partial charge in [-0.1, -0.05) is 26.8 Å². The summed E-state index contributed by atoms with van der Waals surface area (Å²) >= 11 is 0.